The molecule has 1 amide bonds. The van der Waals surface area contributed by atoms with Crippen molar-refractivity contribution in [2.45, 2.75) is 51.0 Å². The van der Waals surface area contributed by atoms with Crippen molar-refractivity contribution in [3.63, 3.8) is 0 Å². The van der Waals surface area contributed by atoms with Crippen LogP contribution in [0.1, 0.15) is 48.1 Å². The van der Waals surface area contributed by atoms with Gasteiger partial charge in [0.15, 0.2) is 0 Å². The van der Waals surface area contributed by atoms with E-state index < -0.39 is 0 Å². The second-order valence-corrected chi connectivity index (χ2v) is 7.48. The van der Waals surface area contributed by atoms with Gasteiger partial charge in [-0.15, -0.1) is 11.3 Å². The number of fused-ring (bicyclic) bond motifs is 1. The van der Waals surface area contributed by atoms with Crippen molar-refractivity contribution in [1.29, 1.82) is 5.26 Å². The van der Waals surface area contributed by atoms with Crippen LogP contribution >= 0.6 is 11.3 Å². The molecular formula is C17H24N4OS. The molecule has 1 unspecified atom stereocenters. The summed E-state index contributed by atoms with van der Waals surface area (Å²) in [6.07, 6.45) is 8.37. The van der Waals surface area contributed by atoms with E-state index in [1.807, 2.05) is 11.3 Å². The number of nitrogens with zero attached hydrogens (tertiary/aromatic N) is 2. The minimum absolute atomic E-state index is 0.0278. The monoisotopic (exact) mass is 332 g/mol. The third kappa shape index (κ3) is 3.51. The molecule has 3 N–H and O–H groups in total. The fraction of sp³-hybridized carbons (Fsp3) is 0.647. The first-order valence-electron chi connectivity index (χ1n) is 8.53. The summed E-state index contributed by atoms with van der Waals surface area (Å²) < 4.78 is 0. The molecule has 0 spiro atoms. The molecule has 5 nitrogen and oxygen atoms in total. The smallest absolute Gasteiger partial charge is 0.234 e. The fourth-order valence-corrected chi connectivity index (χ4v) is 4.73. The summed E-state index contributed by atoms with van der Waals surface area (Å²) in [6.45, 7) is 3.23. The van der Waals surface area contributed by atoms with Crippen LogP contribution in [0.15, 0.2) is 0 Å². The Morgan fingerprint density at radius 2 is 1.96 bits per heavy atom. The Morgan fingerprint density at radius 1 is 1.26 bits per heavy atom. The highest BCUT2D eigenvalue weighted by Crippen LogP contribution is 2.40. The van der Waals surface area contributed by atoms with Crippen LogP contribution in [0.2, 0.25) is 0 Å². The van der Waals surface area contributed by atoms with Crippen molar-refractivity contribution in [2.24, 2.45) is 5.73 Å². The van der Waals surface area contributed by atoms with E-state index in [1.54, 1.807) is 0 Å². The fourth-order valence-electron chi connectivity index (χ4n) is 3.34. The van der Waals surface area contributed by atoms with E-state index in [4.69, 9.17) is 5.73 Å². The first-order valence-corrected chi connectivity index (χ1v) is 9.34. The first-order chi connectivity index (χ1) is 11.2. The van der Waals surface area contributed by atoms with Crippen molar-refractivity contribution < 1.29 is 4.79 Å². The van der Waals surface area contributed by atoms with Gasteiger partial charge in [0.25, 0.3) is 0 Å². The molecule has 0 radical (unpaired) electrons. The summed E-state index contributed by atoms with van der Waals surface area (Å²) in [7, 11) is 0. The number of amides is 1. The zero-order chi connectivity index (χ0) is 16.2. The van der Waals surface area contributed by atoms with E-state index in [-0.39, 0.29) is 11.9 Å². The average molecular weight is 332 g/mol. The third-order valence-corrected chi connectivity index (χ3v) is 6.18. The molecule has 124 valence electrons. The molecule has 1 aliphatic carbocycles. The van der Waals surface area contributed by atoms with Gasteiger partial charge in [0.2, 0.25) is 5.91 Å². The number of aryl methyl sites for hydroxylation is 1. The molecule has 2 fully saturated rings. The summed E-state index contributed by atoms with van der Waals surface area (Å²) in [5.41, 5.74) is 7.27. The minimum atomic E-state index is -0.230. The van der Waals surface area contributed by atoms with E-state index in [0.717, 1.165) is 38.0 Å². The van der Waals surface area contributed by atoms with Crippen LogP contribution in [0.25, 0.3) is 0 Å². The Labute approximate surface area is 141 Å². The SMILES string of the molecule is N#Cc1c(N2CCCC2)sc2c1CCCC2.NC(=O)C1CCN1. The number of nitriles is 1. The highest BCUT2D eigenvalue weighted by Gasteiger charge is 2.25. The summed E-state index contributed by atoms with van der Waals surface area (Å²) >= 11 is 1.89. The maximum atomic E-state index is 10.1. The van der Waals surface area contributed by atoms with E-state index in [9.17, 15) is 10.1 Å². The van der Waals surface area contributed by atoms with E-state index >= 15 is 0 Å². The largest absolute Gasteiger partial charge is 0.368 e. The molecule has 1 atom stereocenters. The van der Waals surface area contributed by atoms with Crippen LogP contribution in [-0.2, 0) is 17.6 Å². The van der Waals surface area contributed by atoms with Crippen molar-refractivity contribution in [2.75, 3.05) is 24.5 Å². The second kappa shape index (κ2) is 7.33. The van der Waals surface area contributed by atoms with Gasteiger partial charge in [0.05, 0.1) is 11.6 Å². The first kappa shape index (κ1) is 16.3. The highest BCUT2D eigenvalue weighted by atomic mass is 32.1. The zero-order valence-electron chi connectivity index (χ0n) is 13.4. The van der Waals surface area contributed by atoms with Crippen molar-refractivity contribution >= 4 is 22.2 Å². The number of carbonyl (C=O) groups excluding carboxylic acids is 1. The number of anilines is 1. The number of primary amides is 1. The van der Waals surface area contributed by atoms with Crippen LogP contribution < -0.4 is 16.0 Å². The molecule has 2 saturated heterocycles. The molecule has 0 aromatic carbocycles. The Hall–Kier alpha value is -1.58. The van der Waals surface area contributed by atoms with Crippen LogP contribution in [-0.4, -0.2) is 31.6 Å². The maximum absolute atomic E-state index is 10.1. The van der Waals surface area contributed by atoms with Crippen LogP contribution in [0.4, 0.5) is 5.00 Å². The van der Waals surface area contributed by atoms with Gasteiger partial charge in [-0.05, 0) is 57.1 Å². The van der Waals surface area contributed by atoms with Gasteiger partial charge in [-0.3, -0.25) is 4.79 Å². The lowest BCUT2D eigenvalue weighted by atomic mass is 9.96. The Morgan fingerprint density at radius 3 is 2.48 bits per heavy atom. The predicted molar refractivity (Wildman–Crippen MR) is 92.7 cm³/mol. The molecule has 2 aliphatic heterocycles. The zero-order valence-corrected chi connectivity index (χ0v) is 14.3. The Balaban J connectivity index is 0.000000188. The number of nitrogens with two attached hydrogens (primary N) is 1. The lowest BCUT2D eigenvalue weighted by Gasteiger charge is -2.23. The lowest BCUT2D eigenvalue weighted by molar-refractivity contribution is -0.121. The van der Waals surface area contributed by atoms with Gasteiger partial charge in [-0.25, -0.2) is 0 Å². The number of rotatable bonds is 2. The number of hydrogen-bond donors (Lipinski definition) is 2. The van der Waals surface area contributed by atoms with Gasteiger partial charge < -0.3 is 16.0 Å². The highest BCUT2D eigenvalue weighted by molar-refractivity contribution is 7.16. The molecule has 0 bridgehead atoms. The Bertz CT molecular complexity index is 609. The van der Waals surface area contributed by atoms with Gasteiger partial charge in [-0.1, -0.05) is 0 Å². The van der Waals surface area contributed by atoms with Crippen molar-refractivity contribution in [1.82, 2.24) is 5.32 Å². The average Bonchev–Trinajstić information content (AvgIpc) is 3.12. The quantitative estimate of drug-likeness (QED) is 0.867. The summed E-state index contributed by atoms with van der Waals surface area (Å²) in [5.74, 6) is -0.230. The topological polar surface area (TPSA) is 82.2 Å². The molecular weight excluding hydrogens is 308 g/mol. The summed E-state index contributed by atoms with van der Waals surface area (Å²) in [5, 5.41) is 13.5. The van der Waals surface area contributed by atoms with E-state index in [0.29, 0.717) is 0 Å². The second-order valence-electron chi connectivity index (χ2n) is 6.39. The molecule has 6 heteroatoms. The number of hydrogen-bond acceptors (Lipinski definition) is 5. The number of thiophene rings is 1. The molecule has 3 heterocycles. The Kier molecular flexibility index (Phi) is 5.19. The van der Waals surface area contributed by atoms with Gasteiger partial charge in [0.1, 0.15) is 11.1 Å². The molecule has 1 aromatic heterocycles. The van der Waals surface area contributed by atoms with E-state index in [1.165, 1.54) is 47.5 Å². The molecule has 23 heavy (non-hydrogen) atoms. The minimum Gasteiger partial charge on any atom is -0.368 e. The van der Waals surface area contributed by atoms with Crippen LogP contribution in [0, 0.1) is 11.3 Å². The predicted octanol–water partition coefficient (Wildman–Crippen LogP) is 1.93. The van der Waals surface area contributed by atoms with Gasteiger partial charge in [0, 0.05) is 18.0 Å². The standard InChI is InChI=1S/C13H16N2S.C4H8N2O/c14-9-11-10-5-1-2-6-12(10)16-13(11)15-7-3-4-8-15;5-4(7)3-1-2-6-3/h1-8H2;3,6H,1-2H2,(H2,5,7). The summed E-state index contributed by atoms with van der Waals surface area (Å²) in [6, 6.07) is 2.42. The molecule has 1 aromatic rings. The van der Waals surface area contributed by atoms with Gasteiger partial charge in [-0.2, -0.15) is 5.26 Å². The molecule has 0 saturated carbocycles. The number of nitrogens with one attached hydrogen (secondary N) is 1. The lowest BCUT2D eigenvalue weighted by Crippen LogP contribution is -2.51. The normalized spacial score (nSPS) is 22.4. The third-order valence-electron chi connectivity index (χ3n) is 4.82. The van der Waals surface area contributed by atoms with Crippen LogP contribution in [0.3, 0.4) is 0 Å². The van der Waals surface area contributed by atoms with Crippen molar-refractivity contribution in [3.8, 4) is 6.07 Å². The molecule has 3 aliphatic rings. The van der Waals surface area contributed by atoms with E-state index in [2.05, 4.69) is 16.3 Å². The van der Waals surface area contributed by atoms with Gasteiger partial charge >= 0.3 is 0 Å². The maximum Gasteiger partial charge on any atom is 0.234 e. The molecule has 4 rings (SSSR count). The van der Waals surface area contributed by atoms with Crippen molar-refractivity contribution in [3.05, 3.63) is 16.0 Å². The number of carbonyl (C=O) groups is 1. The summed E-state index contributed by atoms with van der Waals surface area (Å²) in [4.78, 5) is 14.0. The van der Waals surface area contributed by atoms with Crippen LogP contribution in [0.5, 0.6) is 0 Å².